The van der Waals surface area contributed by atoms with Crippen LogP contribution in [0.3, 0.4) is 0 Å². The number of benzene rings is 1. The van der Waals surface area contributed by atoms with Crippen molar-refractivity contribution in [2.24, 2.45) is 0 Å². The highest BCUT2D eigenvalue weighted by Gasteiger charge is 2.15. The normalized spacial score (nSPS) is 10.8. The molecule has 0 fully saturated rings. The molecule has 7 heteroatoms. The van der Waals surface area contributed by atoms with Gasteiger partial charge in [0, 0.05) is 13.1 Å². The summed E-state index contributed by atoms with van der Waals surface area (Å²) in [6.45, 7) is 6.17. The molecular formula is C16H23FN2O4. The summed E-state index contributed by atoms with van der Waals surface area (Å²) >= 11 is 0. The van der Waals surface area contributed by atoms with Crippen LogP contribution in [0.4, 0.5) is 14.9 Å². The minimum Gasteiger partial charge on any atom is -0.465 e. The summed E-state index contributed by atoms with van der Waals surface area (Å²) in [5, 5.41) is 5.49. The Balaban J connectivity index is 2.39. The fourth-order valence-corrected chi connectivity index (χ4v) is 1.72. The van der Waals surface area contributed by atoms with E-state index in [1.165, 1.54) is 25.3 Å². The zero-order valence-corrected chi connectivity index (χ0v) is 13.9. The molecule has 0 aliphatic carbocycles. The molecule has 0 saturated carbocycles. The van der Waals surface area contributed by atoms with Crippen LogP contribution >= 0.6 is 0 Å². The third-order valence-electron chi connectivity index (χ3n) is 2.72. The molecule has 0 heterocycles. The monoisotopic (exact) mass is 326 g/mol. The Morgan fingerprint density at radius 2 is 1.91 bits per heavy atom. The molecule has 128 valence electrons. The quantitative estimate of drug-likeness (QED) is 0.621. The topological polar surface area (TPSA) is 76.7 Å². The van der Waals surface area contributed by atoms with E-state index in [1.807, 2.05) is 0 Å². The van der Waals surface area contributed by atoms with Gasteiger partial charge in [-0.1, -0.05) is 0 Å². The van der Waals surface area contributed by atoms with Gasteiger partial charge < -0.3 is 20.1 Å². The third-order valence-corrected chi connectivity index (χ3v) is 2.72. The molecule has 0 spiro atoms. The van der Waals surface area contributed by atoms with Crippen molar-refractivity contribution in [3.05, 3.63) is 29.6 Å². The van der Waals surface area contributed by atoms with Crippen molar-refractivity contribution in [2.45, 2.75) is 32.8 Å². The number of alkyl carbamates (subject to hydrolysis) is 1. The molecule has 2 N–H and O–H groups in total. The van der Waals surface area contributed by atoms with Crippen molar-refractivity contribution in [3.63, 3.8) is 0 Å². The second-order valence-corrected chi connectivity index (χ2v) is 5.90. The lowest BCUT2D eigenvalue weighted by Crippen LogP contribution is -2.33. The van der Waals surface area contributed by atoms with Crippen molar-refractivity contribution in [2.75, 3.05) is 25.5 Å². The molecule has 0 aromatic heterocycles. The summed E-state index contributed by atoms with van der Waals surface area (Å²) in [5.74, 6) is -0.989. The second-order valence-electron chi connectivity index (χ2n) is 5.90. The average molecular weight is 326 g/mol. The summed E-state index contributed by atoms with van der Waals surface area (Å²) in [6.07, 6.45) is 0.0811. The van der Waals surface area contributed by atoms with Crippen LogP contribution in [0, 0.1) is 5.82 Å². The lowest BCUT2D eigenvalue weighted by molar-refractivity contribution is 0.0526. The number of amides is 1. The molecule has 1 rings (SSSR count). The summed E-state index contributed by atoms with van der Waals surface area (Å²) < 4.78 is 23.3. The number of rotatable bonds is 6. The van der Waals surface area contributed by atoms with E-state index in [4.69, 9.17) is 4.74 Å². The van der Waals surface area contributed by atoms with E-state index in [1.54, 1.807) is 20.8 Å². The Morgan fingerprint density at radius 3 is 2.52 bits per heavy atom. The minimum atomic E-state index is -0.542. The van der Waals surface area contributed by atoms with Crippen molar-refractivity contribution in [1.29, 1.82) is 0 Å². The summed E-state index contributed by atoms with van der Waals surface area (Å²) in [6, 6.07) is 3.95. The van der Waals surface area contributed by atoms with Gasteiger partial charge in [0.1, 0.15) is 11.4 Å². The zero-order chi connectivity index (χ0) is 17.5. The molecule has 0 unspecified atom stereocenters. The van der Waals surface area contributed by atoms with Crippen molar-refractivity contribution in [1.82, 2.24) is 5.32 Å². The number of halogens is 1. The van der Waals surface area contributed by atoms with Crippen molar-refractivity contribution >= 4 is 17.7 Å². The summed E-state index contributed by atoms with van der Waals surface area (Å²) in [4.78, 5) is 22.8. The first-order valence-corrected chi connectivity index (χ1v) is 7.31. The highest BCUT2D eigenvalue weighted by Crippen LogP contribution is 2.16. The highest BCUT2D eigenvalue weighted by molar-refractivity contribution is 5.90. The Labute approximate surface area is 135 Å². The SMILES string of the molecule is COC(=O)c1ccc(F)c(NCCCNC(=O)OC(C)(C)C)c1. The largest absolute Gasteiger partial charge is 0.465 e. The van der Waals surface area contributed by atoms with Crippen LogP contribution in [0.2, 0.25) is 0 Å². The average Bonchev–Trinajstić information content (AvgIpc) is 2.46. The number of anilines is 1. The van der Waals surface area contributed by atoms with Crippen molar-refractivity contribution < 1.29 is 23.5 Å². The molecule has 1 aromatic rings. The minimum absolute atomic E-state index is 0.213. The Bertz CT molecular complexity index is 556. The third kappa shape index (κ3) is 6.99. The molecule has 1 aromatic carbocycles. The number of hydrogen-bond donors (Lipinski definition) is 2. The van der Waals surface area contributed by atoms with E-state index >= 15 is 0 Å². The maximum atomic E-state index is 13.7. The van der Waals surface area contributed by atoms with E-state index in [-0.39, 0.29) is 11.3 Å². The van der Waals surface area contributed by atoms with Gasteiger partial charge in [0.2, 0.25) is 0 Å². The Kier molecular flexibility index (Phi) is 6.81. The van der Waals surface area contributed by atoms with Gasteiger partial charge in [0.15, 0.2) is 0 Å². The molecule has 0 radical (unpaired) electrons. The van der Waals surface area contributed by atoms with Gasteiger partial charge in [-0.15, -0.1) is 0 Å². The second kappa shape index (κ2) is 8.36. The molecular weight excluding hydrogens is 303 g/mol. The van der Waals surface area contributed by atoms with Crippen LogP contribution < -0.4 is 10.6 Å². The van der Waals surface area contributed by atoms with Gasteiger partial charge in [-0.25, -0.2) is 14.0 Å². The fraction of sp³-hybridized carbons (Fsp3) is 0.500. The molecule has 1 amide bonds. The fourth-order valence-electron chi connectivity index (χ4n) is 1.72. The first-order chi connectivity index (χ1) is 10.7. The maximum absolute atomic E-state index is 13.7. The van der Waals surface area contributed by atoms with Gasteiger partial charge >= 0.3 is 12.1 Å². The molecule has 0 aliphatic heterocycles. The molecule has 0 bridgehead atoms. The smallest absolute Gasteiger partial charge is 0.407 e. The number of methoxy groups -OCH3 is 1. The predicted molar refractivity (Wildman–Crippen MR) is 85.1 cm³/mol. The number of hydrogen-bond acceptors (Lipinski definition) is 5. The van der Waals surface area contributed by atoms with Crippen LogP contribution in [0.5, 0.6) is 0 Å². The van der Waals surface area contributed by atoms with Gasteiger partial charge in [0.25, 0.3) is 0 Å². The molecule has 6 nitrogen and oxygen atoms in total. The number of nitrogens with one attached hydrogen (secondary N) is 2. The number of carbonyl (C=O) groups is 2. The van der Waals surface area contributed by atoms with E-state index in [9.17, 15) is 14.0 Å². The first-order valence-electron chi connectivity index (χ1n) is 7.31. The Morgan fingerprint density at radius 1 is 1.22 bits per heavy atom. The van der Waals surface area contributed by atoms with Crippen molar-refractivity contribution in [3.8, 4) is 0 Å². The standard InChI is InChI=1S/C16H23FN2O4/c1-16(2,3)23-15(21)19-9-5-8-18-13-10-11(14(20)22-4)6-7-12(13)17/h6-7,10,18H,5,8-9H2,1-4H3,(H,19,21). The molecule has 23 heavy (non-hydrogen) atoms. The van der Waals surface area contributed by atoms with Crippen LogP contribution in [0.1, 0.15) is 37.6 Å². The van der Waals surface area contributed by atoms with E-state index in [0.717, 1.165) is 0 Å². The zero-order valence-electron chi connectivity index (χ0n) is 13.9. The van der Waals surface area contributed by atoms with Crippen LogP contribution in [-0.2, 0) is 9.47 Å². The highest BCUT2D eigenvalue weighted by atomic mass is 19.1. The van der Waals surface area contributed by atoms with Gasteiger partial charge in [-0.2, -0.15) is 0 Å². The van der Waals surface area contributed by atoms with E-state index < -0.39 is 23.5 Å². The maximum Gasteiger partial charge on any atom is 0.407 e. The number of ether oxygens (including phenoxy) is 2. The Hall–Kier alpha value is -2.31. The van der Waals surface area contributed by atoms with Crippen LogP contribution in [-0.4, -0.2) is 37.9 Å². The molecule has 0 atom stereocenters. The molecule has 0 aliphatic rings. The summed E-state index contributed by atoms with van der Waals surface area (Å²) in [7, 11) is 1.27. The van der Waals surface area contributed by atoms with Gasteiger partial charge in [-0.3, -0.25) is 0 Å². The summed E-state index contributed by atoms with van der Waals surface area (Å²) in [5.41, 5.74) is -0.0618. The van der Waals surface area contributed by atoms with Gasteiger partial charge in [-0.05, 0) is 45.4 Å². The van der Waals surface area contributed by atoms with Crippen LogP contribution in [0.25, 0.3) is 0 Å². The lowest BCUT2D eigenvalue weighted by Gasteiger charge is -2.19. The van der Waals surface area contributed by atoms with E-state index in [2.05, 4.69) is 15.4 Å². The number of esters is 1. The lowest BCUT2D eigenvalue weighted by atomic mass is 10.2. The van der Waals surface area contributed by atoms with Crippen LogP contribution in [0.15, 0.2) is 18.2 Å². The predicted octanol–water partition coefficient (Wildman–Crippen LogP) is 2.94. The molecule has 0 saturated heterocycles. The van der Waals surface area contributed by atoms with E-state index in [0.29, 0.717) is 19.5 Å². The first kappa shape index (κ1) is 18.7. The number of carbonyl (C=O) groups excluding carboxylic acids is 2. The van der Waals surface area contributed by atoms with Gasteiger partial charge in [0.05, 0.1) is 18.4 Å².